The Hall–Kier alpha value is -2.24. The maximum Gasteiger partial charge on any atom is 0.410 e. The van der Waals surface area contributed by atoms with Gasteiger partial charge in [-0.1, -0.05) is 6.92 Å². The van der Waals surface area contributed by atoms with E-state index in [-0.39, 0.29) is 18.0 Å². The topological polar surface area (TPSA) is 53.1 Å². The molecule has 28 heavy (non-hydrogen) atoms. The molecule has 2 atom stereocenters. The second-order valence-electron chi connectivity index (χ2n) is 9.08. The number of fused-ring (bicyclic) bond motifs is 1. The molecule has 1 aromatic rings. The molecule has 2 heterocycles. The van der Waals surface area contributed by atoms with Crippen molar-refractivity contribution in [1.82, 2.24) is 4.90 Å². The highest BCUT2D eigenvalue weighted by atomic mass is 16.6. The van der Waals surface area contributed by atoms with E-state index in [9.17, 15) is 9.59 Å². The maximum absolute atomic E-state index is 12.3. The summed E-state index contributed by atoms with van der Waals surface area (Å²) in [6.07, 6.45) is 0.740. The molecule has 154 valence electrons. The number of ether oxygens (including phenoxy) is 1. The second-order valence-corrected chi connectivity index (χ2v) is 9.08. The first-order valence-corrected chi connectivity index (χ1v) is 10.2. The largest absolute Gasteiger partial charge is 0.444 e. The minimum atomic E-state index is -0.469. The zero-order valence-electron chi connectivity index (χ0n) is 18.0. The highest BCUT2D eigenvalue weighted by Crippen LogP contribution is 2.36. The summed E-state index contributed by atoms with van der Waals surface area (Å²) in [5.41, 5.74) is 2.96. The van der Waals surface area contributed by atoms with Gasteiger partial charge in [-0.15, -0.1) is 0 Å². The van der Waals surface area contributed by atoms with Gasteiger partial charge < -0.3 is 19.4 Å². The van der Waals surface area contributed by atoms with E-state index in [0.29, 0.717) is 19.0 Å². The van der Waals surface area contributed by atoms with Crippen LogP contribution >= 0.6 is 0 Å². The van der Waals surface area contributed by atoms with Gasteiger partial charge in [0.15, 0.2) is 0 Å². The van der Waals surface area contributed by atoms with E-state index in [1.165, 1.54) is 5.56 Å². The Labute approximate surface area is 168 Å². The van der Waals surface area contributed by atoms with Gasteiger partial charge in [-0.2, -0.15) is 0 Å². The van der Waals surface area contributed by atoms with Crippen molar-refractivity contribution in [3.8, 4) is 0 Å². The fraction of sp³-hybridized carbons (Fsp3) is 0.636. The van der Waals surface area contributed by atoms with E-state index in [4.69, 9.17) is 4.74 Å². The number of piperazine rings is 1. The highest BCUT2D eigenvalue weighted by molar-refractivity contribution is 5.94. The van der Waals surface area contributed by atoms with Crippen molar-refractivity contribution in [3.63, 3.8) is 0 Å². The highest BCUT2D eigenvalue weighted by Gasteiger charge is 2.32. The Morgan fingerprint density at radius 3 is 2.29 bits per heavy atom. The molecule has 0 aliphatic carbocycles. The van der Waals surface area contributed by atoms with Crippen molar-refractivity contribution in [2.75, 3.05) is 36.0 Å². The monoisotopic (exact) mass is 387 g/mol. The van der Waals surface area contributed by atoms with Gasteiger partial charge in [0, 0.05) is 50.5 Å². The van der Waals surface area contributed by atoms with E-state index in [1.807, 2.05) is 25.7 Å². The predicted molar refractivity (Wildman–Crippen MR) is 112 cm³/mol. The number of amides is 2. The van der Waals surface area contributed by atoms with Crippen molar-refractivity contribution >= 4 is 23.4 Å². The number of hydrogen-bond donors (Lipinski definition) is 0. The zero-order valence-corrected chi connectivity index (χ0v) is 18.0. The maximum atomic E-state index is 12.3. The molecule has 1 saturated heterocycles. The first-order valence-electron chi connectivity index (χ1n) is 10.2. The van der Waals surface area contributed by atoms with Crippen LogP contribution in [0.3, 0.4) is 0 Å². The van der Waals surface area contributed by atoms with Crippen LogP contribution in [0.2, 0.25) is 0 Å². The molecule has 6 heteroatoms. The molecule has 0 unspecified atom stereocenters. The van der Waals surface area contributed by atoms with Crippen molar-refractivity contribution < 1.29 is 14.3 Å². The zero-order chi connectivity index (χ0) is 20.6. The summed E-state index contributed by atoms with van der Waals surface area (Å²) in [4.78, 5) is 30.4. The van der Waals surface area contributed by atoms with Gasteiger partial charge in [-0.3, -0.25) is 4.79 Å². The van der Waals surface area contributed by atoms with E-state index < -0.39 is 5.60 Å². The van der Waals surface area contributed by atoms with E-state index in [2.05, 4.69) is 36.9 Å². The van der Waals surface area contributed by atoms with Gasteiger partial charge in [0.05, 0.1) is 0 Å². The summed E-state index contributed by atoms with van der Waals surface area (Å²) in [7, 11) is 0. The van der Waals surface area contributed by atoms with Crippen molar-refractivity contribution in [2.24, 2.45) is 5.92 Å². The van der Waals surface area contributed by atoms with Crippen LogP contribution in [0.1, 0.15) is 47.1 Å². The molecule has 0 N–H and O–H groups in total. The third kappa shape index (κ3) is 4.26. The van der Waals surface area contributed by atoms with Gasteiger partial charge in [0.25, 0.3) is 0 Å². The summed E-state index contributed by atoms with van der Waals surface area (Å²) in [6.45, 7) is 14.5. The Morgan fingerprint density at radius 1 is 1.07 bits per heavy atom. The number of rotatable bonds is 1. The summed E-state index contributed by atoms with van der Waals surface area (Å²) < 4.78 is 5.48. The lowest BCUT2D eigenvalue weighted by atomic mass is 9.87. The predicted octanol–water partition coefficient (Wildman–Crippen LogP) is 3.68. The molecule has 2 aliphatic rings. The summed E-state index contributed by atoms with van der Waals surface area (Å²) in [5, 5.41) is 0. The van der Waals surface area contributed by atoms with Crippen molar-refractivity contribution in [1.29, 1.82) is 0 Å². The average Bonchev–Trinajstić information content (AvgIpc) is 2.60. The number of carbonyl (C=O) groups excluding carboxylic acids is 2. The quantitative estimate of drug-likeness (QED) is 0.738. The lowest BCUT2D eigenvalue weighted by Crippen LogP contribution is -2.50. The van der Waals surface area contributed by atoms with Crippen LogP contribution in [0.4, 0.5) is 16.2 Å². The van der Waals surface area contributed by atoms with Crippen LogP contribution in [0.5, 0.6) is 0 Å². The summed E-state index contributed by atoms with van der Waals surface area (Å²) in [5.74, 6) is 0.523. The average molecular weight is 388 g/mol. The number of nitrogens with zero attached hydrogens (tertiary/aromatic N) is 3. The SMILES string of the molecule is CC(=O)N1c2ccc(N3CCN(C(=O)OC(C)(C)C)CC3)cc2C[C@@H](C)[C@@H]1C. The molecule has 0 saturated carbocycles. The lowest BCUT2D eigenvalue weighted by Gasteiger charge is -2.40. The smallest absolute Gasteiger partial charge is 0.410 e. The minimum Gasteiger partial charge on any atom is -0.444 e. The Morgan fingerprint density at radius 2 is 1.71 bits per heavy atom. The fourth-order valence-corrected chi connectivity index (χ4v) is 4.09. The summed E-state index contributed by atoms with van der Waals surface area (Å²) in [6, 6.07) is 6.61. The van der Waals surface area contributed by atoms with Crippen molar-refractivity contribution in [2.45, 2.75) is 59.6 Å². The molecule has 0 aromatic heterocycles. The van der Waals surface area contributed by atoms with Gasteiger partial charge in [0.1, 0.15) is 5.60 Å². The molecule has 0 radical (unpaired) electrons. The fourth-order valence-electron chi connectivity index (χ4n) is 4.09. The van der Waals surface area contributed by atoms with Gasteiger partial charge in [-0.25, -0.2) is 4.79 Å². The van der Waals surface area contributed by atoms with Crippen LogP contribution in [-0.2, 0) is 16.0 Å². The molecule has 2 aliphatic heterocycles. The minimum absolute atomic E-state index is 0.0963. The number of anilines is 2. The molecule has 2 amide bonds. The first-order chi connectivity index (χ1) is 13.1. The van der Waals surface area contributed by atoms with Gasteiger partial charge >= 0.3 is 6.09 Å². The van der Waals surface area contributed by atoms with Crippen LogP contribution in [0, 0.1) is 5.92 Å². The molecule has 0 spiro atoms. The van der Waals surface area contributed by atoms with Crippen LogP contribution in [0.25, 0.3) is 0 Å². The van der Waals surface area contributed by atoms with E-state index in [0.717, 1.165) is 30.9 Å². The van der Waals surface area contributed by atoms with E-state index >= 15 is 0 Å². The van der Waals surface area contributed by atoms with Gasteiger partial charge in [0.2, 0.25) is 5.91 Å². The molecular formula is C22H33N3O3. The Balaban J connectivity index is 1.71. The van der Waals surface area contributed by atoms with Crippen molar-refractivity contribution in [3.05, 3.63) is 23.8 Å². The number of hydrogen-bond acceptors (Lipinski definition) is 4. The van der Waals surface area contributed by atoms with Crippen LogP contribution in [-0.4, -0.2) is 54.7 Å². The first kappa shape index (κ1) is 20.5. The second kappa shape index (κ2) is 7.64. The summed E-state index contributed by atoms with van der Waals surface area (Å²) >= 11 is 0. The lowest BCUT2D eigenvalue weighted by molar-refractivity contribution is -0.117. The van der Waals surface area contributed by atoms with Crippen LogP contribution in [0.15, 0.2) is 18.2 Å². The molecule has 0 bridgehead atoms. The Kier molecular flexibility index (Phi) is 5.60. The van der Waals surface area contributed by atoms with Crippen LogP contribution < -0.4 is 9.80 Å². The number of benzene rings is 1. The standard InChI is InChI=1S/C22H33N3O3/c1-15-13-18-14-19(7-8-20(18)25(16(15)2)17(3)26)23-9-11-24(12-10-23)21(27)28-22(4,5)6/h7-8,14-16H,9-13H2,1-6H3/t15-,16+/m1/s1. The van der Waals surface area contributed by atoms with Gasteiger partial charge in [-0.05, 0) is 63.8 Å². The third-order valence-corrected chi connectivity index (χ3v) is 5.73. The Bertz CT molecular complexity index is 748. The van der Waals surface area contributed by atoms with E-state index in [1.54, 1.807) is 11.8 Å². The normalized spacial score (nSPS) is 22.7. The molecular weight excluding hydrogens is 354 g/mol. The molecule has 1 aromatic carbocycles. The number of carbonyl (C=O) groups is 2. The molecule has 3 rings (SSSR count). The molecule has 1 fully saturated rings. The molecule has 6 nitrogen and oxygen atoms in total. The third-order valence-electron chi connectivity index (χ3n) is 5.73.